The van der Waals surface area contributed by atoms with E-state index in [1.165, 1.54) is 4.68 Å². The van der Waals surface area contributed by atoms with Gasteiger partial charge in [-0.2, -0.15) is 0 Å². The maximum Gasteiger partial charge on any atom is 0.277 e. The highest BCUT2D eigenvalue weighted by atomic mass is 35.5. The lowest BCUT2D eigenvalue weighted by Gasteiger charge is -2.10. The molecule has 6 nitrogen and oxygen atoms in total. The Labute approximate surface area is 156 Å². The second kappa shape index (κ2) is 8.01. The second-order valence-corrected chi connectivity index (χ2v) is 6.19. The van der Waals surface area contributed by atoms with Crippen LogP contribution in [0.25, 0.3) is 5.69 Å². The molecule has 7 heteroatoms. The quantitative estimate of drug-likeness (QED) is 0.703. The van der Waals surface area contributed by atoms with Crippen molar-refractivity contribution in [3.63, 3.8) is 0 Å². The molecule has 0 aliphatic rings. The minimum atomic E-state index is -0.339. The van der Waals surface area contributed by atoms with E-state index in [-0.39, 0.29) is 11.6 Å². The van der Waals surface area contributed by atoms with Gasteiger partial charge in [-0.3, -0.25) is 4.79 Å². The third kappa shape index (κ3) is 4.03. The summed E-state index contributed by atoms with van der Waals surface area (Å²) in [5.41, 5.74) is 2.47. The van der Waals surface area contributed by atoms with E-state index in [1.54, 1.807) is 18.3 Å². The minimum absolute atomic E-state index is 0.204. The summed E-state index contributed by atoms with van der Waals surface area (Å²) >= 11 is 6.15. The van der Waals surface area contributed by atoms with Gasteiger partial charge in [0.15, 0.2) is 5.69 Å². The number of nitrogens with one attached hydrogen (secondary N) is 1. The van der Waals surface area contributed by atoms with Gasteiger partial charge in [0.05, 0.1) is 23.5 Å². The number of benzene rings is 2. The van der Waals surface area contributed by atoms with Crippen LogP contribution in [0.15, 0.2) is 48.7 Å². The summed E-state index contributed by atoms with van der Waals surface area (Å²) in [6, 6.07) is 12.8. The molecular weight excluding hydrogens is 352 g/mol. The first kappa shape index (κ1) is 17.9. The summed E-state index contributed by atoms with van der Waals surface area (Å²) in [5.74, 6) is 0.445. The molecule has 134 valence electrons. The van der Waals surface area contributed by atoms with Crippen LogP contribution in [0.5, 0.6) is 5.75 Å². The smallest absolute Gasteiger partial charge is 0.277 e. The van der Waals surface area contributed by atoms with E-state index in [9.17, 15) is 4.79 Å². The number of hydrogen-bond acceptors (Lipinski definition) is 4. The van der Waals surface area contributed by atoms with Crippen molar-refractivity contribution in [1.29, 1.82) is 0 Å². The van der Waals surface area contributed by atoms with Crippen LogP contribution in [0.4, 0.5) is 5.69 Å². The normalized spacial score (nSPS) is 10.6. The second-order valence-electron chi connectivity index (χ2n) is 5.78. The van der Waals surface area contributed by atoms with Crippen LogP contribution >= 0.6 is 11.6 Å². The zero-order valence-corrected chi connectivity index (χ0v) is 15.3. The van der Waals surface area contributed by atoms with Gasteiger partial charge in [0, 0.05) is 5.69 Å². The van der Waals surface area contributed by atoms with Crippen molar-refractivity contribution in [3.05, 3.63) is 64.9 Å². The van der Waals surface area contributed by atoms with Crippen LogP contribution in [0.3, 0.4) is 0 Å². The largest absolute Gasteiger partial charge is 0.494 e. The molecule has 3 aromatic rings. The van der Waals surface area contributed by atoms with Gasteiger partial charge in [-0.15, -0.1) is 5.10 Å². The fourth-order valence-electron chi connectivity index (χ4n) is 2.40. The Bertz CT molecular complexity index is 923. The standard InChI is InChI=1S/C19H19ClN4O2/c1-3-10-26-14-8-9-16(13(2)11-14)21-19(25)17-12-24(23-22-17)18-7-5-4-6-15(18)20/h4-9,11-12H,3,10H2,1-2H3,(H,21,25). The number of aryl methyl sites for hydroxylation is 1. The van der Waals surface area contributed by atoms with Crippen molar-refractivity contribution in [3.8, 4) is 11.4 Å². The highest BCUT2D eigenvalue weighted by molar-refractivity contribution is 6.32. The molecule has 0 spiro atoms. The molecule has 2 aromatic carbocycles. The van der Waals surface area contributed by atoms with E-state index in [1.807, 2.05) is 37.3 Å². The Balaban J connectivity index is 1.74. The van der Waals surface area contributed by atoms with E-state index in [2.05, 4.69) is 22.6 Å². The summed E-state index contributed by atoms with van der Waals surface area (Å²) in [4.78, 5) is 12.5. The van der Waals surface area contributed by atoms with Crippen molar-refractivity contribution >= 4 is 23.2 Å². The lowest BCUT2D eigenvalue weighted by atomic mass is 10.2. The summed E-state index contributed by atoms with van der Waals surface area (Å²) < 4.78 is 7.07. The molecule has 0 radical (unpaired) electrons. The predicted molar refractivity (Wildman–Crippen MR) is 101 cm³/mol. The van der Waals surface area contributed by atoms with Gasteiger partial charge in [0.25, 0.3) is 5.91 Å². The van der Waals surface area contributed by atoms with Crippen LogP contribution < -0.4 is 10.1 Å². The summed E-state index contributed by atoms with van der Waals surface area (Å²) in [6.07, 6.45) is 2.49. The molecule has 1 amide bonds. The number of amides is 1. The van der Waals surface area contributed by atoms with Crippen molar-refractivity contribution in [2.45, 2.75) is 20.3 Å². The maximum atomic E-state index is 12.5. The Morgan fingerprint density at radius 3 is 2.81 bits per heavy atom. The zero-order valence-electron chi connectivity index (χ0n) is 14.6. The average molecular weight is 371 g/mol. The molecule has 0 bridgehead atoms. The molecule has 26 heavy (non-hydrogen) atoms. The highest BCUT2D eigenvalue weighted by Gasteiger charge is 2.14. The molecule has 0 saturated heterocycles. The fraction of sp³-hybridized carbons (Fsp3) is 0.211. The first-order valence-corrected chi connectivity index (χ1v) is 8.68. The number of nitrogens with zero attached hydrogens (tertiary/aromatic N) is 3. The number of carbonyl (C=O) groups is 1. The third-order valence-corrected chi connectivity index (χ3v) is 4.06. The lowest BCUT2D eigenvalue weighted by molar-refractivity contribution is 0.102. The molecule has 0 fully saturated rings. The van der Waals surface area contributed by atoms with E-state index in [0.29, 0.717) is 23.0 Å². The van der Waals surface area contributed by atoms with Gasteiger partial charge in [-0.05, 0) is 49.2 Å². The molecule has 1 heterocycles. The van der Waals surface area contributed by atoms with Gasteiger partial charge in [0.2, 0.25) is 0 Å². The third-order valence-electron chi connectivity index (χ3n) is 3.74. The Hall–Kier alpha value is -2.86. The highest BCUT2D eigenvalue weighted by Crippen LogP contribution is 2.22. The Morgan fingerprint density at radius 1 is 1.27 bits per heavy atom. The Kier molecular flexibility index (Phi) is 5.53. The SMILES string of the molecule is CCCOc1ccc(NC(=O)c2cn(-c3ccccc3Cl)nn2)c(C)c1. The number of aromatic nitrogens is 3. The van der Waals surface area contributed by atoms with Gasteiger partial charge in [-0.25, -0.2) is 4.68 Å². The lowest BCUT2D eigenvalue weighted by Crippen LogP contribution is -2.13. The number of halogens is 1. The molecule has 0 aliphatic heterocycles. The maximum absolute atomic E-state index is 12.5. The molecule has 0 atom stereocenters. The Morgan fingerprint density at radius 2 is 2.08 bits per heavy atom. The van der Waals surface area contributed by atoms with Crippen LogP contribution in [0, 0.1) is 6.92 Å². The van der Waals surface area contributed by atoms with Gasteiger partial charge in [0.1, 0.15) is 5.75 Å². The van der Waals surface area contributed by atoms with Gasteiger partial charge in [-0.1, -0.05) is 35.9 Å². The van der Waals surface area contributed by atoms with Gasteiger partial charge < -0.3 is 10.1 Å². The van der Waals surface area contributed by atoms with Crippen LogP contribution in [-0.2, 0) is 0 Å². The number of ether oxygens (including phenoxy) is 1. The molecule has 3 rings (SSSR count). The zero-order chi connectivity index (χ0) is 18.5. The van der Waals surface area contributed by atoms with Crippen LogP contribution in [-0.4, -0.2) is 27.5 Å². The van der Waals surface area contributed by atoms with Crippen molar-refractivity contribution in [1.82, 2.24) is 15.0 Å². The van der Waals surface area contributed by atoms with Crippen LogP contribution in [0.2, 0.25) is 5.02 Å². The van der Waals surface area contributed by atoms with Crippen molar-refractivity contribution < 1.29 is 9.53 Å². The minimum Gasteiger partial charge on any atom is -0.494 e. The summed E-state index contributed by atoms with van der Waals surface area (Å²) in [7, 11) is 0. The van der Waals surface area contributed by atoms with Crippen molar-refractivity contribution in [2.75, 3.05) is 11.9 Å². The number of hydrogen-bond donors (Lipinski definition) is 1. The molecule has 0 aliphatic carbocycles. The predicted octanol–water partition coefficient (Wildman–Crippen LogP) is 4.27. The van der Waals surface area contributed by atoms with E-state index in [0.717, 1.165) is 17.7 Å². The topological polar surface area (TPSA) is 69.0 Å². The molecule has 1 aromatic heterocycles. The van der Waals surface area contributed by atoms with Gasteiger partial charge >= 0.3 is 0 Å². The summed E-state index contributed by atoms with van der Waals surface area (Å²) in [6.45, 7) is 4.63. The van der Waals surface area contributed by atoms with E-state index >= 15 is 0 Å². The van der Waals surface area contributed by atoms with Crippen molar-refractivity contribution in [2.24, 2.45) is 0 Å². The number of para-hydroxylation sites is 1. The van der Waals surface area contributed by atoms with E-state index < -0.39 is 0 Å². The average Bonchev–Trinajstić information content (AvgIpc) is 3.12. The monoisotopic (exact) mass is 370 g/mol. The number of anilines is 1. The van der Waals surface area contributed by atoms with E-state index in [4.69, 9.17) is 16.3 Å². The molecule has 1 N–H and O–H groups in total. The van der Waals surface area contributed by atoms with Crippen LogP contribution in [0.1, 0.15) is 29.4 Å². The molecular formula is C19H19ClN4O2. The molecule has 0 saturated carbocycles. The first-order chi connectivity index (χ1) is 12.6. The number of carbonyl (C=O) groups excluding carboxylic acids is 1. The first-order valence-electron chi connectivity index (χ1n) is 8.30. The fourth-order valence-corrected chi connectivity index (χ4v) is 2.62. The number of rotatable bonds is 6. The molecule has 0 unspecified atom stereocenters. The summed E-state index contributed by atoms with van der Waals surface area (Å²) in [5, 5.41) is 11.3.